The van der Waals surface area contributed by atoms with Crippen LogP contribution in [0.1, 0.15) is 11.1 Å². The fourth-order valence-corrected chi connectivity index (χ4v) is 2.68. The van der Waals surface area contributed by atoms with Crippen molar-refractivity contribution in [2.75, 3.05) is 43.1 Å². The molecule has 0 unspecified atom stereocenters. The molecule has 6 nitrogen and oxygen atoms in total. The third-order valence-electron chi connectivity index (χ3n) is 4.20. The summed E-state index contributed by atoms with van der Waals surface area (Å²) in [6.07, 6.45) is 3.68. The van der Waals surface area contributed by atoms with Gasteiger partial charge in [0.2, 0.25) is 5.88 Å². The van der Waals surface area contributed by atoms with Gasteiger partial charge >= 0.3 is 0 Å². The molecule has 1 saturated heterocycles. The number of aryl methyl sites for hydroxylation is 1. The molecule has 0 N–H and O–H groups in total. The second kappa shape index (κ2) is 6.17. The molecule has 0 aliphatic carbocycles. The molecule has 6 heteroatoms. The zero-order valence-corrected chi connectivity index (χ0v) is 13.3. The molecule has 0 amide bonds. The molecule has 0 aromatic carbocycles. The molecule has 0 bridgehead atoms. The van der Waals surface area contributed by atoms with Gasteiger partial charge in [0.15, 0.2) is 5.82 Å². The van der Waals surface area contributed by atoms with Crippen LogP contribution in [0.2, 0.25) is 0 Å². The SMILES string of the molecule is COc1ccc(N2CCN(c3nncc(C)c3C)CC2)cn1. The van der Waals surface area contributed by atoms with Gasteiger partial charge in [0.1, 0.15) is 0 Å². The van der Waals surface area contributed by atoms with Crippen LogP contribution in [0, 0.1) is 13.8 Å². The van der Waals surface area contributed by atoms with Gasteiger partial charge in [-0.3, -0.25) is 0 Å². The highest BCUT2D eigenvalue weighted by molar-refractivity contribution is 5.52. The van der Waals surface area contributed by atoms with Crippen molar-refractivity contribution < 1.29 is 4.74 Å². The number of pyridine rings is 1. The fraction of sp³-hybridized carbons (Fsp3) is 0.438. The minimum Gasteiger partial charge on any atom is -0.481 e. The van der Waals surface area contributed by atoms with Gasteiger partial charge in [-0.2, -0.15) is 5.10 Å². The third-order valence-corrected chi connectivity index (χ3v) is 4.20. The van der Waals surface area contributed by atoms with Crippen molar-refractivity contribution in [1.29, 1.82) is 0 Å². The maximum absolute atomic E-state index is 5.10. The summed E-state index contributed by atoms with van der Waals surface area (Å²) >= 11 is 0. The van der Waals surface area contributed by atoms with Gasteiger partial charge in [-0.25, -0.2) is 4.98 Å². The van der Waals surface area contributed by atoms with Gasteiger partial charge in [0, 0.05) is 32.2 Å². The first-order chi connectivity index (χ1) is 10.7. The van der Waals surface area contributed by atoms with E-state index in [1.54, 1.807) is 7.11 Å². The Hall–Kier alpha value is -2.37. The molecule has 2 aromatic rings. The highest BCUT2D eigenvalue weighted by Crippen LogP contribution is 2.22. The van der Waals surface area contributed by atoms with Crippen LogP contribution >= 0.6 is 0 Å². The molecule has 2 aromatic heterocycles. The van der Waals surface area contributed by atoms with Gasteiger partial charge in [0.05, 0.1) is 25.2 Å². The lowest BCUT2D eigenvalue weighted by Crippen LogP contribution is -2.47. The van der Waals surface area contributed by atoms with E-state index in [4.69, 9.17) is 4.74 Å². The summed E-state index contributed by atoms with van der Waals surface area (Å²) in [4.78, 5) is 8.92. The number of rotatable bonds is 3. The van der Waals surface area contributed by atoms with E-state index in [2.05, 4.69) is 44.9 Å². The normalized spacial score (nSPS) is 15.0. The maximum atomic E-state index is 5.10. The zero-order valence-electron chi connectivity index (χ0n) is 13.3. The van der Waals surface area contributed by atoms with E-state index >= 15 is 0 Å². The molecule has 0 saturated carbocycles. The monoisotopic (exact) mass is 299 g/mol. The van der Waals surface area contributed by atoms with Crippen LogP contribution in [-0.2, 0) is 0 Å². The van der Waals surface area contributed by atoms with Gasteiger partial charge in [-0.15, -0.1) is 5.10 Å². The molecular formula is C16H21N5O. The quantitative estimate of drug-likeness (QED) is 0.862. The molecule has 22 heavy (non-hydrogen) atoms. The summed E-state index contributed by atoms with van der Waals surface area (Å²) in [7, 11) is 1.63. The summed E-state index contributed by atoms with van der Waals surface area (Å²) in [6.45, 7) is 7.95. The Kier molecular flexibility index (Phi) is 4.09. The highest BCUT2D eigenvalue weighted by Gasteiger charge is 2.20. The predicted octanol–water partition coefficient (Wildman–Crippen LogP) is 1.82. The molecule has 1 aliphatic heterocycles. The van der Waals surface area contributed by atoms with Gasteiger partial charge < -0.3 is 14.5 Å². The van der Waals surface area contributed by atoms with Gasteiger partial charge in [-0.05, 0) is 31.0 Å². The molecule has 3 rings (SSSR count). The number of hydrogen-bond acceptors (Lipinski definition) is 6. The number of hydrogen-bond donors (Lipinski definition) is 0. The summed E-state index contributed by atoms with van der Waals surface area (Å²) in [5.74, 6) is 1.65. The number of ether oxygens (including phenoxy) is 1. The smallest absolute Gasteiger partial charge is 0.213 e. The lowest BCUT2D eigenvalue weighted by atomic mass is 10.1. The van der Waals surface area contributed by atoms with Crippen molar-refractivity contribution in [3.8, 4) is 5.88 Å². The number of piperazine rings is 1. The Balaban J connectivity index is 1.68. The number of methoxy groups -OCH3 is 1. The van der Waals surface area contributed by atoms with Crippen LogP contribution in [0.5, 0.6) is 5.88 Å². The molecule has 3 heterocycles. The van der Waals surface area contributed by atoms with Crippen molar-refractivity contribution in [1.82, 2.24) is 15.2 Å². The first kappa shape index (κ1) is 14.6. The average molecular weight is 299 g/mol. The predicted molar refractivity (Wildman–Crippen MR) is 86.7 cm³/mol. The van der Waals surface area contributed by atoms with E-state index in [-0.39, 0.29) is 0 Å². The van der Waals surface area contributed by atoms with Crippen LogP contribution < -0.4 is 14.5 Å². The minimum atomic E-state index is 0.646. The average Bonchev–Trinajstić information content (AvgIpc) is 2.58. The number of aromatic nitrogens is 3. The molecular weight excluding hydrogens is 278 g/mol. The Bertz CT molecular complexity index is 635. The standard InChI is InChI=1S/C16H21N5O/c1-12-10-18-19-16(13(12)2)21-8-6-20(7-9-21)14-4-5-15(22-3)17-11-14/h4-5,10-11H,6-9H2,1-3H3. The number of anilines is 2. The highest BCUT2D eigenvalue weighted by atomic mass is 16.5. The third kappa shape index (κ3) is 2.81. The van der Waals surface area contributed by atoms with E-state index < -0.39 is 0 Å². The van der Waals surface area contributed by atoms with Crippen LogP contribution in [0.15, 0.2) is 24.5 Å². The van der Waals surface area contributed by atoms with Crippen molar-refractivity contribution in [3.05, 3.63) is 35.7 Å². The van der Waals surface area contributed by atoms with Crippen molar-refractivity contribution >= 4 is 11.5 Å². The number of nitrogens with zero attached hydrogens (tertiary/aromatic N) is 5. The van der Waals surface area contributed by atoms with Crippen LogP contribution in [0.4, 0.5) is 11.5 Å². The zero-order chi connectivity index (χ0) is 15.5. The van der Waals surface area contributed by atoms with Crippen molar-refractivity contribution in [2.24, 2.45) is 0 Å². The Labute approximate surface area is 130 Å². The molecule has 116 valence electrons. The Morgan fingerprint density at radius 2 is 1.73 bits per heavy atom. The molecule has 1 aliphatic rings. The van der Waals surface area contributed by atoms with Gasteiger partial charge in [-0.1, -0.05) is 0 Å². The molecule has 1 fully saturated rings. The minimum absolute atomic E-state index is 0.646. The van der Waals surface area contributed by atoms with Crippen molar-refractivity contribution in [3.63, 3.8) is 0 Å². The molecule has 0 atom stereocenters. The Morgan fingerprint density at radius 3 is 2.36 bits per heavy atom. The van der Waals surface area contributed by atoms with Crippen LogP contribution in [0.25, 0.3) is 0 Å². The molecule has 0 radical (unpaired) electrons. The van der Waals surface area contributed by atoms with Gasteiger partial charge in [0.25, 0.3) is 0 Å². The summed E-state index contributed by atoms with van der Waals surface area (Å²) < 4.78 is 5.10. The summed E-state index contributed by atoms with van der Waals surface area (Å²) in [5, 5.41) is 8.40. The lowest BCUT2D eigenvalue weighted by molar-refractivity contribution is 0.398. The summed E-state index contributed by atoms with van der Waals surface area (Å²) in [5.41, 5.74) is 3.54. The first-order valence-electron chi connectivity index (χ1n) is 7.48. The fourth-order valence-electron chi connectivity index (χ4n) is 2.68. The second-order valence-electron chi connectivity index (χ2n) is 5.51. The first-order valence-corrected chi connectivity index (χ1v) is 7.48. The van der Waals surface area contributed by atoms with E-state index in [0.29, 0.717) is 5.88 Å². The van der Waals surface area contributed by atoms with E-state index in [1.807, 2.05) is 18.5 Å². The Morgan fingerprint density at radius 1 is 1.00 bits per heavy atom. The van der Waals surface area contributed by atoms with E-state index in [1.165, 1.54) is 11.1 Å². The summed E-state index contributed by atoms with van der Waals surface area (Å²) in [6, 6.07) is 3.96. The van der Waals surface area contributed by atoms with E-state index in [0.717, 1.165) is 37.7 Å². The van der Waals surface area contributed by atoms with Crippen molar-refractivity contribution in [2.45, 2.75) is 13.8 Å². The lowest BCUT2D eigenvalue weighted by Gasteiger charge is -2.37. The molecule has 0 spiro atoms. The maximum Gasteiger partial charge on any atom is 0.213 e. The van der Waals surface area contributed by atoms with Crippen LogP contribution in [-0.4, -0.2) is 48.5 Å². The topological polar surface area (TPSA) is 54.4 Å². The second-order valence-corrected chi connectivity index (χ2v) is 5.51. The largest absolute Gasteiger partial charge is 0.481 e. The van der Waals surface area contributed by atoms with Crippen LogP contribution in [0.3, 0.4) is 0 Å². The van der Waals surface area contributed by atoms with E-state index in [9.17, 15) is 0 Å².